The molecule has 0 heterocycles. The molecule has 0 aromatic heterocycles. The van der Waals surface area contributed by atoms with Crippen LogP contribution in [0.15, 0.2) is 0 Å². The van der Waals surface area contributed by atoms with E-state index in [1.807, 2.05) is 0 Å². The Kier molecular flexibility index (Phi) is 10.3. The molecule has 0 bridgehead atoms. The van der Waals surface area contributed by atoms with Crippen molar-refractivity contribution in [1.29, 1.82) is 0 Å². The van der Waals surface area contributed by atoms with Crippen molar-refractivity contribution in [3.05, 3.63) is 0 Å². The first kappa shape index (κ1) is 14.9. The summed E-state index contributed by atoms with van der Waals surface area (Å²) in [5, 5.41) is 12.1. The maximum absolute atomic E-state index is 8.61. The van der Waals surface area contributed by atoms with Crippen molar-refractivity contribution in [2.24, 2.45) is 17.6 Å². The molecule has 0 radical (unpaired) electrons. The molecule has 0 aromatic carbocycles. The molecule has 0 aliphatic carbocycles. The Balaban J connectivity index is 3.22. The molecule has 4 N–H and O–H groups in total. The Morgan fingerprint density at radius 1 is 1.13 bits per heavy atom. The number of hydrogen-bond donors (Lipinski definition) is 3. The Hall–Kier alpha value is -0.120. The topological polar surface area (TPSA) is 58.3 Å². The summed E-state index contributed by atoms with van der Waals surface area (Å²) in [7, 11) is 0. The molecule has 0 saturated carbocycles. The van der Waals surface area contributed by atoms with Crippen molar-refractivity contribution < 1.29 is 5.11 Å². The summed E-state index contributed by atoms with van der Waals surface area (Å²) in [6.45, 7) is 7.66. The van der Waals surface area contributed by atoms with Gasteiger partial charge in [-0.1, -0.05) is 26.7 Å². The Labute approximate surface area is 94.4 Å². The van der Waals surface area contributed by atoms with E-state index in [9.17, 15) is 0 Å². The van der Waals surface area contributed by atoms with Crippen LogP contribution in [0.3, 0.4) is 0 Å². The number of nitrogens with one attached hydrogen (secondary N) is 1. The van der Waals surface area contributed by atoms with Crippen LogP contribution in [-0.4, -0.2) is 31.3 Å². The largest absolute Gasteiger partial charge is 0.396 e. The fraction of sp³-hybridized carbons (Fsp3) is 1.00. The van der Waals surface area contributed by atoms with Gasteiger partial charge < -0.3 is 16.2 Å². The molecule has 0 saturated heterocycles. The average molecular weight is 216 g/mol. The minimum absolute atomic E-state index is 0.329. The van der Waals surface area contributed by atoms with E-state index in [1.54, 1.807) is 0 Å². The second-order valence-corrected chi connectivity index (χ2v) is 4.58. The van der Waals surface area contributed by atoms with Crippen LogP contribution in [0.4, 0.5) is 0 Å². The van der Waals surface area contributed by atoms with Gasteiger partial charge in [-0.15, -0.1) is 0 Å². The minimum Gasteiger partial charge on any atom is -0.396 e. The monoisotopic (exact) mass is 216 g/mol. The van der Waals surface area contributed by atoms with Crippen LogP contribution in [0.5, 0.6) is 0 Å². The van der Waals surface area contributed by atoms with Crippen LogP contribution in [0, 0.1) is 11.8 Å². The molecule has 3 nitrogen and oxygen atoms in total. The molecule has 1 atom stereocenters. The van der Waals surface area contributed by atoms with Crippen LogP contribution in [0.25, 0.3) is 0 Å². The number of hydrogen-bond acceptors (Lipinski definition) is 3. The van der Waals surface area contributed by atoms with E-state index in [2.05, 4.69) is 19.2 Å². The Morgan fingerprint density at radius 2 is 1.80 bits per heavy atom. The van der Waals surface area contributed by atoms with Gasteiger partial charge >= 0.3 is 0 Å². The van der Waals surface area contributed by atoms with Crippen molar-refractivity contribution in [2.75, 3.05) is 26.2 Å². The first-order valence-corrected chi connectivity index (χ1v) is 6.24. The minimum atomic E-state index is 0.329. The molecule has 92 valence electrons. The molecule has 0 aliphatic rings. The molecule has 15 heavy (non-hydrogen) atoms. The fourth-order valence-corrected chi connectivity index (χ4v) is 1.59. The molecule has 0 spiro atoms. The van der Waals surface area contributed by atoms with Gasteiger partial charge in [0.05, 0.1) is 0 Å². The standard InChI is InChI=1S/C12H28N2O/c1-11(2)12(9-13)10-14-7-5-3-4-6-8-15/h11-12,14-15H,3-10,13H2,1-2H3. The van der Waals surface area contributed by atoms with Gasteiger partial charge in [0, 0.05) is 6.61 Å². The first-order chi connectivity index (χ1) is 7.22. The van der Waals surface area contributed by atoms with Crippen LogP contribution in [0.2, 0.25) is 0 Å². The number of unbranched alkanes of at least 4 members (excludes halogenated alkanes) is 3. The number of aliphatic hydroxyl groups excluding tert-OH is 1. The lowest BCUT2D eigenvalue weighted by Crippen LogP contribution is -2.32. The van der Waals surface area contributed by atoms with Crippen LogP contribution in [-0.2, 0) is 0 Å². The smallest absolute Gasteiger partial charge is 0.0431 e. The molecular weight excluding hydrogens is 188 g/mol. The third kappa shape index (κ3) is 8.85. The SMILES string of the molecule is CC(C)C(CN)CNCCCCCCO. The van der Waals surface area contributed by atoms with E-state index >= 15 is 0 Å². The summed E-state index contributed by atoms with van der Waals surface area (Å²) in [6, 6.07) is 0. The van der Waals surface area contributed by atoms with Crippen molar-refractivity contribution in [3.63, 3.8) is 0 Å². The van der Waals surface area contributed by atoms with Gasteiger partial charge in [0.1, 0.15) is 0 Å². The van der Waals surface area contributed by atoms with Gasteiger partial charge in [-0.2, -0.15) is 0 Å². The first-order valence-electron chi connectivity index (χ1n) is 6.24. The molecule has 0 rings (SSSR count). The normalized spacial score (nSPS) is 13.4. The fourth-order valence-electron chi connectivity index (χ4n) is 1.59. The lowest BCUT2D eigenvalue weighted by atomic mass is 9.96. The lowest BCUT2D eigenvalue weighted by Gasteiger charge is -2.19. The van der Waals surface area contributed by atoms with Crippen LogP contribution in [0.1, 0.15) is 39.5 Å². The zero-order valence-electron chi connectivity index (χ0n) is 10.3. The number of rotatable bonds is 10. The van der Waals surface area contributed by atoms with Gasteiger partial charge in [0.25, 0.3) is 0 Å². The molecule has 0 fully saturated rings. The molecule has 0 aromatic rings. The molecular formula is C12H28N2O. The molecule has 1 unspecified atom stereocenters. The second kappa shape index (κ2) is 10.4. The Morgan fingerprint density at radius 3 is 2.33 bits per heavy atom. The van der Waals surface area contributed by atoms with Gasteiger partial charge in [-0.3, -0.25) is 0 Å². The third-order valence-electron chi connectivity index (χ3n) is 2.91. The summed E-state index contributed by atoms with van der Waals surface area (Å²) in [4.78, 5) is 0. The van der Waals surface area contributed by atoms with E-state index in [0.717, 1.165) is 32.5 Å². The molecule has 0 amide bonds. The van der Waals surface area contributed by atoms with E-state index in [1.165, 1.54) is 12.8 Å². The zero-order chi connectivity index (χ0) is 11.5. The highest BCUT2D eigenvalue weighted by atomic mass is 16.2. The molecule has 3 heteroatoms. The van der Waals surface area contributed by atoms with Crippen molar-refractivity contribution in [2.45, 2.75) is 39.5 Å². The third-order valence-corrected chi connectivity index (χ3v) is 2.91. The van der Waals surface area contributed by atoms with Gasteiger partial charge in [0.2, 0.25) is 0 Å². The predicted octanol–water partition coefficient (Wildman–Crippen LogP) is 1.36. The Bertz CT molecular complexity index is 129. The van der Waals surface area contributed by atoms with E-state index < -0.39 is 0 Å². The summed E-state index contributed by atoms with van der Waals surface area (Å²) in [6.07, 6.45) is 4.50. The highest BCUT2D eigenvalue weighted by Gasteiger charge is 2.09. The summed E-state index contributed by atoms with van der Waals surface area (Å²) < 4.78 is 0. The van der Waals surface area contributed by atoms with Crippen molar-refractivity contribution in [1.82, 2.24) is 5.32 Å². The second-order valence-electron chi connectivity index (χ2n) is 4.58. The van der Waals surface area contributed by atoms with E-state index in [0.29, 0.717) is 18.4 Å². The van der Waals surface area contributed by atoms with Crippen molar-refractivity contribution >= 4 is 0 Å². The quantitative estimate of drug-likeness (QED) is 0.483. The average Bonchev–Trinajstić information content (AvgIpc) is 2.21. The predicted molar refractivity (Wildman–Crippen MR) is 65.8 cm³/mol. The maximum atomic E-state index is 8.61. The molecule has 0 aliphatic heterocycles. The highest BCUT2D eigenvalue weighted by Crippen LogP contribution is 2.07. The number of aliphatic hydroxyl groups is 1. The van der Waals surface area contributed by atoms with Crippen molar-refractivity contribution in [3.8, 4) is 0 Å². The van der Waals surface area contributed by atoms with E-state index in [4.69, 9.17) is 10.8 Å². The zero-order valence-corrected chi connectivity index (χ0v) is 10.3. The lowest BCUT2D eigenvalue weighted by molar-refractivity contribution is 0.282. The van der Waals surface area contributed by atoms with E-state index in [-0.39, 0.29) is 0 Å². The summed E-state index contributed by atoms with van der Waals surface area (Å²) >= 11 is 0. The van der Waals surface area contributed by atoms with Gasteiger partial charge in [-0.25, -0.2) is 0 Å². The van der Waals surface area contributed by atoms with Gasteiger partial charge in [-0.05, 0) is 44.3 Å². The van der Waals surface area contributed by atoms with Crippen LogP contribution < -0.4 is 11.1 Å². The van der Waals surface area contributed by atoms with Crippen LogP contribution >= 0.6 is 0 Å². The van der Waals surface area contributed by atoms with Gasteiger partial charge in [0.15, 0.2) is 0 Å². The summed E-state index contributed by atoms with van der Waals surface area (Å²) in [5.41, 5.74) is 5.69. The number of nitrogens with two attached hydrogens (primary N) is 1. The maximum Gasteiger partial charge on any atom is 0.0431 e. The highest BCUT2D eigenvalue weighted by molar-refractivity contribution is 4.66. The summed E-state index contributed by atoms with van der Waals surface area (Å²) in [5.74, 6) is 1.26.